The fourth-order valence-corrected chi connectivity index (χ4v) is 3.80. The molecule has 1 unspecified atom stereocenters. The standard InChI is InChI=1S/C19H22BrFN4O2S2/c1-3-9-29-19-22-11-12(20)16(25-19)18(27)24-15(8-10-28-2)17(26)23-14-7-5-4-6-13(14)21/h4-7,11,15H,3,8-10H2,1-2H3,(H,23,26)(H,24,27). The second-order valence-corrected chi connectivity index (χ2v) is 8.88. The van der Waals surface area contributed by atoms with Gasteiger partial charge in [0, 0.05) is 11.9 Å². The van der Waals surface area contributed by atoms with Crippen molar-refractivity contribution in [2.75, 3.05) is 23.1 Å². The fraction of sp³-hybridized carbons (Fsp3) is 0.368. The molecule has 1 heterocycles. The number of aromatic nitrogens is 2. The first-order valence-corrected chi connectivity index (χ1v) is 12.1. The molecule has 1 aromatic carbocycles. The number of carbonyl (C=O) groups excluding carboxylic acids is 2. The third-order valence-electron chi connectivity index (χ3n) is 3.74. The highest BCUT2D eigenvalue weighted by atomic mass is 79.9. The predicted molar refractivity (Wildman–Crippen MR) is 120 cm³/mol. The molecular formula is C19H22BrFN4O2S2. The van der Waals surface area contributed by atoms with Crippen molar-refractivity contribution >= 4 is 57.0 Å². The summed E-state index contributed by atoms with van der Waals surface area (Å²) in [4.78, 5) is 34.0. The predicted octanol–water partition coefficient (Wildman–Crippen LogP) is 4.37. The van der Waals surface area contributed by atoms with E-state index in [4.69, 9.17) is 0 Å². The van der Waals surface area contributed by atoms with Crippen molar-refractivity contribution < 1.29 is 14.0 Å². The average Bonchev–Trinajstić information content (AvgIpc) is 2.71. The first-order valence-electron chi connectivity index (χ1n) is 8.96. The van der Waals surface area contributed by atoms with Gasteiger partial charge in [-0.25, -0.2) is 14.4 Å². The molecule has 6 nitrogen and oxygen atoms in total. The summed E-state index contributed by atoms with van der Waals surface area (Å²) >= 11 is 6.30. The van der Waals surface area contributed by atoms with E-state index in [9.17, 15) is 14.0 Å². The summed E-state index contributed by atoms with van der Waals surface area (Å²) in [5.41, 5.74) is 0.230. The lowest BCUT2D eigenvalue weighted by Crippen LogP contribution is -2.44. The van der Waals surface area contributed by atoms with Crippen molar-refractivity contribution in [3.8, 4) is 0 Å². The van der Waals surface area contributed by atoms with Crippen molar-refractivity contribution in [2.45, 2.75) is 31.0 Å². The van der Waals surface area contributed by atoms with Gasteiger partial charge in [0.15, 0.2) is 5.16 Å². The van der Waals surface area contributed by atoms with E-state index in [1.54, 1.807) is 23.9 Å². The van der Waals surface area contributed by atoms with Crippen LogP contribution < -0.4 is 10.6 Å². The fourth-order valence-electron chi connectivity index (χ4n) is 2.29. The van der Waals surface area contributed by atoms with Gasteiger partial charge >= 0.3 is 0 Å². The van der Waals surface area contributed by atoms with E-state index < -0.39 is 23.7 Å². The Kier molecular flexibility index (Phi) is 9.89. The summed E-state index contributed by atoms with van der Waals surface area (Å²) in [6, 6.07) is 5.07. The van der Waals surface area contributed by atoms with Crippen LogP contribution in [0.5, 0.6) is 0 Å². The second-order valence-electron chi connectivity index (χ2n) is 5.97. The molecule has 0 aliphatic heterocycles. The van der Waals surface area contributed by atoms with E-state index in [-0.39, 0.29) is 11.4 Å². The maximum atomic E-state index is 13.9. The Labute approximate surface area is 186 Å². The van der Waals surface area contributed by atoms with Crippen molar-refractivity contribution in [1.82, 2.24) is 15.3 Å². The lowest BCUT2D eigenvalue weighted by atomic mass is 10.2. The van der Waals surface area contributed by atoms with Gasteiger partial charge in [0.1, 0.15) is 17.6 Å². The number of nitrogens with one attached hydrogen (secondary N) is 2. The van der Waals surface area contributed by atoms with Crippen LogP contribution in [0.15, 0.2) is 40.1 Å². The van der Waals surface area contributed by atoms with Crippen LogP contribution in [0.25, 0.3) is 0 Å². The quantitative estimate of drug-likeness (QED) is 0.372. The SMILES string of the molecule is CCCSc1ncc(Br)c(C(=O)NC(CCSC)C(=O)Nc2ccccc2F)n1. The number of thioether (sulfide) groups is 2. The lowest BCUT2D eigenvalue weighted by Gasteiger charge is -2.18. The van der Waals surface area contributed by atoms with E-state index in [1.165, 1.54) is 30.1 Å². The molecule has 0 aliphatic carbocycles. The minimum Gasteiger partial charge on any atom is -0.339 e. The summed E-state index contributed by atoms with van der Waals surface area (Å²) < 4.78 is 14.3. The van der Waals surface area contributed by atoms with Gasteiger partial charge in [-0.05, 0) is 52.9 Å². The Morgan fingerprint density at radius 3 is 2.72 bits per heavy atom. The van der Waals surface area contributed by atoms with E-state index in [2.05, 4.69) is 36.5 Å². The molecule has 156 valence electrons. The Balaban J connectivity index is 2.15. The summed E-state index contributed by atoms with van der Waals surface area (Å²) in [7, 11) is 0. The number of anilines is 1. The molecule has 10 heteroatoms. The molecule has 0 saturated heterocycles. The third-order valence-corrected chi connectivity index (χ3v) is 6.03. The number of hydrogen-bond acceptors (Lipinski definition) is 6. The summed E-state index contributed by atoms with van der Waals surface area (Å²) in [5.74, 6) is -0.0231. The topological polar surface area (TPSA) is 84.0 Å². The molecule has 2 amide bonds. The van der Waals surface area contributed by atoms with Gasteiger partial charge in [-0.3, -0.25) is 9.59 Å². The maximum Gasteiger partial charge on any atom is 0.271 e. The van der Waals surface area contributed by atoms with Crippen molar-refractivity contribution in [3.63, 3.8) is 0 Å². The molecule has 1 aromatic heterocycles. The molecular weight excluding hydrogens is 479 g/mol. The Morgan fingerprint density at radius 1 is 1.28 bits per heavy atom. The van der Waals surface area contributed by atoms with Gasteiger partial charge in [0.25, 0.3) is 5.91 Å². The van der Waals surface area contributed by atoms with Crippen LogP contribution in [0.4, 0.5) is 10.1 Å². The van der Waals surface area contributed by atoms with Gasteiger partial charge < -0.3 is 10.6 Å². The number of benzene rings is 1. The van der Waals surface area contributed by atoms with Gasteiger partial charge in [-0.2, -0.15) is 11.8 Å². The van der Waals surface area contributed by atoms with Gasteiger partial charge in [-0.1, -0.05) is 30.8 Å². The Bertz CT molecular complexity index is 857. The van der Waals surface area contributed by atoms with Crippen molar-refractivity contribution in [3.05, 3.63) is 46.4 Å². The van der Waals surface area contributed by atoms with Crippen LogP contribution >= 0.6 is 39.5 Å². The van der Waals surface area contributed by atoms with E-state index in [0.717, 1.165) is 12.2 Å². The Morgan fingerprint density at radius 2 is 2.03 bits per heavy atom. The number of nitrogens with zero attached hydrogens (tertiary/aromatic N) is 2. The smallest absolute Gasteiger partial charge is 0.271 e. The zero-order chi connectivity index (χ0) is 21.2. The Hall–Kier alpha value is -1.65. The molecule has 0 saturated carbocycles. The maximum absolute atomic E-state index is 13.9. The number of hydrogen-bond donors (Lipinski definition) is 2. The minimum atomic E-state index is -0.830. The van der Waals surface area contributed by atoms with E-state index >= 15 is 0 Å². The highest BCUT2D eigenvalue weighted by Crippen LogP contribution is 2.20. The van der Waals surface area contributed by atoms with Crippen molar-refractivity contribution in [2.24, 2.45) is 0 Å². The number of halogens is 2. The molecule has 0 fully saturated rings. The van der Waals surface area contributed by atoms with Crippen LogP contribution in [0.2, 0.25) is 0 Å². The number of carbonyl (C=O) groups is 2. The summed E-state index contributed by atoms with van der Waals surface area (Å²) in [6.07, 6.45) is 4.79. The van der Waals surface area contributed by atoms with Gasteiger partial charge in [-0.15, -0.1) is 0 Å². The number of rotatable bonds is 10. The first-order chi connectivity index (χ1) is 14.0. The van der Waals surface area contributed by atoms with Crippen LogP contribution in [0.3, 0.4) is 0 Å². The third kappa shape index (κ3) is 7.27. The molecule has 2 N–H and O–H groups in total. The van der Waals surface area contributed by atoms with Crippen LogP contribution in [0.1, 0.15) is 30.3 Å². The minimum absolute atomic E-state index is 0.0716. The summed E-state index contributed by atoms with van der Waals surface area (Å²) in [5, 5.41) is 5.76. The largest absolute Gasteiger partial charge is 0.339 e. The highest BCUT2D eigenvalue weighted by Gasteiger charge is 2.24. The molecule has 1 atom stereocenters. The van der Waals surface area contributed by atoms with Gasteiger partial charge in [0.2, 0.25) is 5.91 Å². The molecule has 0 aliphatic rings. The van der Waals surface area contributed by atoms with Crippen LogP contribution in [-0.2, 0) is 4.79 Å². The zero-order valence-corrected chi connectivity index (χ0v) is 19.3. The second kappa shape index (κ2) is 12.1. The number of para-hydroxylation sites is 1. The zero-order valence-electron chi connectivity index (χ0n) is 16.1. The molecule has 29 heavy (non-hydrogen) atoms. The molecule has 0 spiro atoms. The van der Waals surface area contributed by atoms with Crippen molar-refractivity contribution in [1.29, 1.82) is 0 Å². The molecule has 0 radical (unpaired) electrons. The monoisotopic (exact) mass is 500 g/mol. The normalized spacial score (nSPS) is 11.7. The molecule has 2 aromatic rings. The summed E-state index contributed by atoms with van der Waals surface area (Å²) in [6.45, 7) is 2.05. The highest BCUT2D eigenvalue weighted by molar-refractivity contribution is 9.10. The first kappa shape index (κ1) is 23.6. The molecule has 2 rings (SSSR count). The lowest BCUT2D eigenvalue weighted by molar-refractivity contribution is -0.118. The average molecular weight is 501 g/mol. The number of amides is 2. The van der Waals surface area contributed by atoms with Gasteiger partial charge in [0.05, 0.1) is 10.2 Å². The van der Waals surface area contributed by atoms with Crippen LogP contribution in [-0.4, -0.2) is 45.6 Å². The molecule has 0 bridgehead atoms. The van der Waals surface area contributed by atoms with Crippen LogP contribution in [0, 0.1) is 5.82 Å². The van der Waals surface area contributed by atoms with E-state index in [1.807, 2.05) is 13.2 Å². The van der Waals surface area contributed by atoms with E-state index in [0.29, 0.717) is 21.8 Å².